The third-order valence-electron chi connectivity index (χ3n) is 8.02. The lowest BCUT2D eigenvalue weighted by Gasteiger charge is -2.19. The van der Waals surface area contributed by atoms with Crippen molar-refractivity contribution in [3.63, 3.8) is 0 Å². The van der Waals surface area contributed by atoms with Crippen molar-refractivity contribution < 1.29 is 19.0 Å². The van der Waals surface area contributed by atoms with E-state index >= 15 is 0 Å². The lowest BCUT2D eigenvalue weighted by atomic mass is 10.1. The first-order chi connectivity index (χ1) is 20.6. The average molecular weight is 599 g/mol. The van der Waals surface area contributed by atoms with Crippen LogP contribution in [0.3, 0.4) is 0 Å². The molecule has 0 aromatic heterocycles. The van der Waals surface area contributed by atoms with Crippen molar-refractivity contribution in [2.75, 3.05) is 53.7 Å². The maximum Gasteiger partial charge on any atom is 0.407 e. The van der Waals surface area contributed by atoms with E-state index in [4.69, 9.17) is 14.2 Å². The van der Waals surface area contributed by atoms with Crippen LogP contribution in [0.2, 0.25) is 0 Å². The lowest BCUT2D eigenvalue weighted by molar-refractivity contribution is 0.0487. The van der Waals surface area contributed by atoms with Crippen LogP contribution in [-0.2, 0) is 14.2 Å². The molecule has 0 radical (unpaired) electrons. The van der Waals surface area contributed by atoms with Crippen LogP contribution in [0.15, 0.2) is 0 Å². The molecule has 0 aliphatic rings. The molecule has 0 fully saturated rings. The number of amides is 1. The second kappa shape index (κ2) is 34.6. The van der Waals surface area contributed by atoms with E-state index in [-0.39, 0.29) is 12.1 Å². The van der Waals surface area contributed by atoms with Gasteiger partial charge in [-0.25, -0.2) is 4.79 Å². The van der Waals surface area contributed by atoms with Gasteiger partial charge in [0.25, 0.3) is 0 Å². The second-order valence-corrected chi connectivity index (χ2v) is 12.7. The Morgan fingerprint density at radius 1 is 0.524 bits per heavy atom. The summed E-state index contributed by atoms with van der Waals surface area (Å²) < 4.78 is 17.2. The highest BCUT2D eigenvalue weighted by atomic mass is 16.6. The van der Waals surface area contributed by atoms with Crippen LogP contribution >= 0.6 is 0 Å². The molecule has 0 aromatic carbocycles. The summed E-state index contributed by atoms with van der Waals surface area (Å²) in [5, 5.41) is 2.95. The lowest BCUT2D eigenvalue weighted by Crippen LogP contribution is -2.42. The first-order valence-electron chi connectivity index (χ1n) is 18.3. The Hall–Kier alpha value is -0.850. The molecule has 0 aliphatic carbocycles. The minimum atomic E-state index is -0.384. The van der Waals surface area contributed by atoms with Gasteiger partial charge in [-0.2, -0.15) is 0 Å². The third kappa shape index (κ3) is 33.6. The van der Waals surface area contributed by atoms with Gasteiger partial charge in [-0.05, 0) is 26.9 Å². The predicted molar refractivity (Wildman–Crippen MR) is 181 cm³/mol. The van der Waals surface area contributed by atoms with Crippen LogP contribution in [0.5, 0.6) is 0 Å². The zero-order valence-electron chi connectivity index (χ0n) is 28.9. The molecule has 1 N–H and O–H groups in total. The van der Waals surface area contributed by atoms with E-state index in [1.165, 1.54) is 141 Å². The van der Waals surface area contributed by atoms with E-state index in [1.807, 2.05) is 19.0 Å². The molecular formula is C36H74N2O4. The van der Waals surface area contributed by atoms with Crippen LogP contribution < -0.4 is 5.32 Å². The number of hydrogen-bond donors (Lipinski definition) is 1. The number of rotatable bonds is 34. The molecule has 0 unspecified atom stereocenters. The van der Waals surface area contributed by atoms with Crippen LogP contribution in [-0.4, -0.2) is 70.7 Å². The van der Waals surface area contributed by atoms with E-state index < -0.39 is 0 Å². The summed E-state index contributed by atoms with van der Waals surface area (Å²) in [6.45, 7) is 8.07. The van der Waals surface area contributed by atoms with Gasteiger partial charge in [-0.15, -0.1) is 0 Å². The monoisotopic (exact) mass is 599 g/mol. The zero-order valence-corrected chi connectivity index (χ0v) is 28.9. The van der Waals surface area contributed by atoms with Crippen molar-refractivity contribution in [1.29, 1.82) is 0 Å². The van der Waals surface area contributed by atoms with Gasteiger partial charge in [-0.3, -0.25) is 0 Å². The predicted octanol–water partition coefficient (Wildman–Crippen LogP) is 10.1. The van der Waals surface area contributed by atoms with Crippen molar-refractivity contribution in [1.82, 2.24) is 10.2 Å². The molecule has 0 heterocycles. The number of hydrogen-bond acceptors (Lipinski definition) is 5. The summed E-state index contributed by atoms with van der Waals surface area (Å²) >= 11 is 0. The van der Waals surface area contributed by atoms with Gasteiger partial charge in [0.05, 0.1) is 19.3 Å². The molecule has 42 heavy (non-hydrogen) atoms. The van der Waals surface area contributed by atoms with Crippen molar-refractivity contribution in [2.24, 2.45) is 0 Å². The summed E-state index contributed by atoms with van der Waals surface area (Å²) in [5.41, 5.74) is 0. The van der Waals surface area contributed by atoms with Crippen LogP contribution in [0.4, 0.5) is 4.79 Å². The van der Waals surface area contributed by atoms with Crippen molar-refractivity contribution in [3.05, 3.63) is 0 Å². The highest BCUT2D eigenvalue weighted by molar-refractivity contribution is 5.67. The molecule has 0 aliphatic heterocycles. The fourth-order valence-electron chi connectivity index (χ4n) is 5.20. The minimum Gasteiger partial charge on any atom is -0.448 e. The number of ether oxygens (including phenoxy) is 3. The Balaban J connectivity index is 3.89. The molecule has 0 rings (SSSR count). The number of carbonyl (C=O) groups is 1. The Labute approximate surface area is 262 Å². The molecule has 0 saturated carbocycles. The standard InChI is InChI=1S/C36H74N2O4/c1-5-7-9-11-13-15-17-19-21-23-25-27-30-40-33-35(37-36(39)42-32-29-38(3)4)34-41-31-28-26-24-22-20-18-16-14-12-10-8-6-2/h35H,5-34H2,1-4H3,(H,37,39). The number of nitrogens with one attached hydrogen (secondary N) is 1. The number of carbonyl (C=O) groups excluding carboxylic acids is 1. The smallest absolute Gasteiger partial charge is 0.407 e. The van der Waals surface area contributed by atoms with Crippen LogP contribution in [0.1, 0.15) is 168 Å². The fourth-order valence-corrected chi connectivity index (χ4v) is 5.20. The Morgan fingerprint density at radius 3 is 1.19 bits per heavy atom. The highest BCUT2D eigenvalue weighted by Gasteiger charge is 2.14. The highest BCUT2D eigenvalue weighted by Crippen LogP contribution is 2.13. The van der Waals surface area contributed by atoms with E-state index in [2.05, 4.69) is 19.2 Å². The molecule has 6 heteroatoms. The summed E-state index contributed by atoms with van der Waals surface area (Å²) in [7, 11) is 3.94. The summed E-state index contributed by atoms with van der Waals surface area (Å²) in [4.78, 5) is 14.3. The average Bonchev–Trinajstić information content (AvgIpc) is 2.97. The van der Waals surface area contributed by atoms with E-state index in [0.29, 0.717) is 26.4 Å². The number of nitrogens with zero attached hydrogens (tertiary/aromatic N) is 1. The summed E-state index contributed by atoms with van der Waals surface area (Å²) in [6.07, 6.45) is 31.7. The molecule has 252 valence electrons. The molecular weight excluding hydrogens is 524 g/mol. The normalized spacial score (nSPS) is 11.6. The van der Waals surface area contributed by atoms with Gasteiger partial charge in [-0.1, -0.05) is 155 Å². The Morgan fingerprint density at radius 2 is 0.857 bits per heavy atom. The van der Waals surface area contributed by atoms with Gasteiger partial charge >= 0.3 is 6.09 Å². The van der Waals surface area contributed by atoms with Gasteiger partial charge < -0.3 is 24.4 Å². The third-order valence-corrected chi connectivity index (χ3v) is 8.02. The van der Waals surface area contributed by atoms with E-state index in [0.717, 1.165) is 26.1 Å². The van der Waals surface area contributed by atoms with Crippen LogP contribution in [0.25, 0.3) is 0 Å². The first-order valence-corrected chi connectivity index (χ1v) is 18.3. The maximum absolute atomic E-state index is 12.3. The SMILES string of the molecule is CCCCCCCCCCCCCCOCC(COCCCCCCCCCCCCCC)NC(=O)OCCN(C)C. The first kappa shape index (κ1) is 41.1. The largest absolute Gasteiger partial charge is 0.448 e. The zero-order chi connectivity index (χ0) is 30.8. The van der Waals surface area contributed by atoms with Gasteiger partial charge in [0.2, 0.25) is 0 Å². The molecule has 1 amide bonds. The Kier molecular flexibility index (Phi) is 33.9. The van der Waals surface area contributed by atoms with Crippen molar-refractivity contribution >= 4 is 6.09 Å². The van der Waals surface area contributed by atoms with Crippen molar-refractivity contribution in [2.45, 2.75) is 174 Å². The van der Waals surface area contributed by atoms with E-state index in [9.17, 15) is 4.79 Å². The molecule has 0 spiro atoms. The molecule has 0 bridgehead atoms. The molecule has 0 aromatic rings. The summed E-state index contributed by atoms with van der Waals surface area (Å²) in [5.74, 6) is 0. The van der Waals surface area contributed by atoms with Gasteiger partial charge in [0.1, 0.15) is 6.61 Å². The number of alkyl carbamates (subject to hydrolysis) is 1. The summed E-state index contributed by atoms with van der Waals surface area (Å²) in [6, 6.07) is -0.175. The maximum atomic E-state index is 12.3. The topological polar surface area (TPSA) is 60.0 Å². The van der Waals surface area contributed by atoms with Crippen LogP contribution in [0, 0.1) is 0 Å². The quantitative estimate of drug-likeness (QED) is 0.0747. The second-order valence-electron chi connectivity index (χ2n) is 12.7. The minimum absolute atomic E-state index is 0.175. The van der Waals surface area contributed by atoms with Gasteiger partial charge in [0, 0.05) is 19.8 Å². The van der Waals surface area contributed by atoms with Crippen molar-refractivity contribution in [3.8, 4) is 0 Å². The van der Waals surface area contributed by atoms with E-state index in [1.54, 1.807) is 0 Å². The molecule has 6 nitrogen and oxygen atoms in total. The molecule has 0 atom stereocenters. The fraction of sp³-hybridized carbons (Fsp3) is 0.972. The van der Waals surface area contributed by atoms with Gasteiger partial charge in [0.15, 0.2) is 0 Å². The number of unbranched alkanes of at least 4 members (excludes halogenated alkanes) is 22. The molecule has 0 saturated heterocycles. The number of likely N-dealkylation sites (N-methyl/N-ethyl adjacent to an activating group) is 1. The Bertz CT molecular complexity index is 501.